The molecule has 0 saturated heterocycles. The normalized spacial score (nSPS) is 9.47. The Hall–Kier alpha value is -1.59. The van der Waals surface area contributed by atoms with E-state index in [0.717, 1.165) is 0 Å². The summed E-state index contributed by atoms with van der Waals surface area (Å²) in [7, 11) is 0. The second-order valence-electron chi connectivity index (χ2n) is 3.03. The molecule has 15 heavy (non-hydrogen) atoms. The molecule has 0 atom stereocenters. The van der Waals surface area contributed by atoms with Gasteiger partial charge in [0.1, 0.15) is 0 Å². The minimum Gasteiger partial charge on any atom is -0.289 e. The van der Waals surface area contributed by atoms with Gasteiger partial charge in [0, 0.05) is 12.8 Å². The molecule has 0 heterocycles. The second-order valence-corrected chi connectivity index (χ2v) is 3.03. The maximum atomic E-state index is 11.3. The van der Waals surface area contributed by atoms with E-state index in [9.17, 15) is 14.4 Å². The van der Waals surface area contributed by atoms with Crippen molar-refractivity contribution in [1.29, 1.82) is 5.53 Å². The SMILES string of the molecule is CCCC(=O)C(=O)N(N=N)C(=O)CCC. The van der Waals surface area contributed by atoms with Crippen molar-refractivity contribution in [2.75, 3.05) is 0 Å². The van der Waals surface area contributed by atoms with Gasteiger partial charge in [0.15, 0.2) is 0 Å². The van der Waals surface area contributed by atoms with Crippen LogP contribution in [0.15, 0.2) is 5.22 Å². The zero-order valence-electron chi connectivity index (χ0n) is 8.95. The summed E-state index contributed by atoms with van der Waals surface area (Å²) >= 11 is 0. The fraction of sp³-hybridized carbons (Fsp3) is 0.667. The molecule has 0 fully saturated rings. The fourth-order valence-electron chi connectivity index (χ4n) is 0.986. The number of carbonyl (C=O) groups excluding carboxylic acids is 3. The van der Waals surface area contributed by atoms with Gasteiger partial charge in [-0.3, -0.25) is 14.4 Å². The molecule has 0 rings (SSSR count). The Kier molecular flexibility index (Phi) is 6.08. The summed E-state index contributed by atoms with van der Waals surface area (Å²) in [5.41, 5.74) is 6.68. The van der Waals surface area contributed by atoms with Crippen molar-refractivity contribution in [3.05, 3.63) is 0 Å². The highest BCUT2D eigenvalue weighted by molar-refractivity contribution is 6.38. The molecule has 2 amide bonds. The number of hydrogen-bond acceptors (Lipinski definition) is 5. The Labute approximate surface area is 88.1 Å². The van der Waals surface area contributed by atoms with Crippen molar-refractivity contribution >= 4 is 17.6 Å². The molecule has 84 valence electrons. The van der Waals surface area contributed by atoms with E-state index in [2.05, 4.69) is 5.22 Å². The van der Waals surface area contributed by atoms with Crippen LogP contribution in [0.2, 0.25) is 0 Å². The molecule has 0 spiro atoms. The number of hydrogen-bond donors (Lipinski definition) is 1. The number of imide groups is 1. The van der Waals surface area contributed by atoms with Crippen molar-refractivity contribution in [2.45, 2.75) is 39.5 Å². The predicted octanol–water partition coefficient (Wildman–Crippen LogP) is 1.46. The monoisotopic (exact) mass is 213 g/mol. The molecule has 0 saturated carbocycles. The van der Waals surface area contributed by atoms with E-state index in [1.807, 2.05) is 0 Å². The summed E-state index contributed by atoms with van der Waals surface area (Å²) in [4.78, 5) is 33.8. The van der Waals surface area contributed by atoms with Crippen LogP contribution in [0, 0.1) is 5.53 Å². The summed E-state index contributed by atoms with van der Waals surface area (Å²) in [6.07, 6.45) is 1.25. The van der Waals surface area contributed by atoms with Crippen LogP contribution in [-0.4, -0.2) is 22.6 Å². The molecule has 0 aromatic carbocycles. The summed E-state index contributed by atoms with van der Waals surface area (Å²) in [5, 5.41) is 3.11. The molecule has 6 nitrogen and oxygen atoms in total. The van der Waals surface area contributed by atoms with Crippen LogP contribution < -0.4 is 0 Å². The van der Waals surface area contributed by atoms with Crippen LogP contribution in [0.25, 0.3) is 0 Å². The molecule has 0 aliphatic carbocycles. The van der Waals surface area contributed by atoms with Gasteiger partial charge in [-0.25, -0.2) is 0 Å². The maximum Gasteiger partial charge on any atom is 0.318 e. The number of nitrogens with zero attached hydrogens (tertiary/aromatic N) is 2. The topological polar surface area (TPSA) is 90.7 Å². The molecule has 0 aliphatic heterocycles. The van der Waals surface area contributed by atoms with Gasteiger partial charge in [-0.15, -0.1) is 5.01 Å². The summed E-state index contributed by atoms with van der Waals surface area (Å²) < 4.78 is 0. The van der Waals surface area contributed by atoms with E-state index in [4.69, 9.17) is 5.53 Å². The minimum absolute atomic E-state index is 0.0737. The zero-order valence-corrected chi connectivity index (χ0v) is 8.95. The van der Waals surface area contributed by atoms with Gasteiger partial charge in [-0.1, -0.05) is 19.1 Å². The first-order chi connectivity index (χ1) is 7.08. The van der Waals surface area contributed by atoms with Crippen LogP contribution in [0.5, 0.6) is 0 Å². The largest absolute Gasteiger partial charge is 0.318 e. The van der Waals surface area contributed by atoms with Crippen molar-refractivity contribution in [3.63, 3.8) is 0 Å². The van der Waals surface area contributed by atoms with Crippen LogP contribution in [0.1, 0.15) is 39.5 Å². The maximum absolute atomic E-state index is 11.3. The molecule has 1 N–H and O–H groups in total. The van der Waals surface area contributed by atoms with Crippen LogP contribution in [-0.2, 0) is 14.4 Å². The van der Waals surface area contributed by atoms with Crippen molar-refractivity contribution in [2.24, 2.45) is 5.22 Å². The van der Waals surface area contributed by atoms with Gasteiger partial charge >= 0.3 is 5.91 Å². The summed E-state index contributed by atoms with van der Waals surface area (Å²) in [5.74, 6) is -2.30. The Morgan fingerprint density at radius 2 is 1.67 bits per heavy atom. The number of amides is 2. The van der Waals surface area contributed by atoms with E-state index in [0.29, 0.717) is 17.9 Å². The second kappa shape index (κ2) is 6.80. The molecule has 0 aliphatic rings. The van der Waals surface area contributed by atoms with Gasteiger partial charge < -0.3 is 0 Å². The van der Waals surface area contributed by atoms with Gasteiger partial charge in [0.05, 0.1) is 0 Å². The average molecular weight is 213 g/mol. The van der Waals surface area contributed by atoms with Gasteiger partial charge in [0.25, 0.3) is 5.91 Å². The fourth-order valence-corrected chi connectivity index (χ4v) is 0.986. The molecule has 0 aromatic rings. The molecular weight excluding hydrogens is 198 g/mol. The standard InChI is InChI=1S/C9H15N3O3/c1-3-5-7(13)9(15)12(11-10)8(14)6-4-2/h10H,3-6H2,1-2H3. The molecule has 0 radical (unpaired) electrons. The Bertz CT molecular complexity index is 276. The minimum atomic E-state index is -1.01. The number of nitrogens with one attached hydrogen (secondary N) is 1. The molecule has 0 aromatic heterocycles. The highest BCUT2D eigenvalue weighted by atomic mass is 16.2. The lowest BCUT2D eigenvalue weighted by molar-refractivity contribution is -0.152. The third-order valence-electron chi connectivity index (χ3n) is 1.71. The number of rotatable bonds is 6. The third-order valence-corrected chi connectivity index (χ3v) is 1.71. The van der Waals surface area contributed by atoms with E-state index in [1.165, 1.54) is 0 Å². The Morgan fingerprint density at radius 1 is 1.13 bits per heavy atom. The van der Waals surface area contributed by atoms with Crippen molar-refractivity contribution in [1.82, 2.24) is 5.01 Å². The van der Waals surface area contributed by atoms with E-state index < -0.39 is 17.6 Å². The number of Topliss-reactive ketones (excluding diaryl/α,β-unsaturated/α-hetero) is 1. The number of ketones is 1. The first kappa shape index (κ1) is 13.4. The van der Waals surface area contributed by atoms with Crippen LogP contribution in [0.4, 0.5) is 0 Å². The van der Waals surface area contributed by atoms with E-state index in [-0.39, 0.29) is 12.8 Å². The Morgan fingerprint density at radius 3 is 2.07 bits per heavy atom. The van der Waals surface area contributed by atoms with Crippen LogP contribution >= 0.6 is 0 Å². The van der Waals surface area contributed by atoms with E-state index in [1.54, 1.807) is 13.8 Å². The quantitative estimate of drug-likeness (QED) is 0.411. The lowest BCUT2D eigenvalue weighted by atomic mass is 10.2. The number of carbonyl (C=O) groups is 3. The average Bonchev–Trinajstić information content (AvgIpc) is 2.19. The lowest BCUT2D eigenvalue weighted by Crippen LogP contribution is -2.36. The Balaban J connectivity index is 4.53. The van der Waals surface area contributed by atoms with Gasteiger partial charge in [-0.2, -0.15) is 5.53 Å². The lowest BCUT2D eigenvalue weighted by Gasteiger charge is -2.11. The third kappa shape index (κ3) is 3.97. The summed E-state index contributed by atoms with van der Waals surface area (Å²) in [6.45, 7) is 3.51. The zero-order chi connectivity index (χ0) is 11.8. The predicted molar refractivity (Wildman–Crippen MR) is 51.8 cm³/mol. The summed E-state index contributed by atoms with van der Waals surface area (Å²) in [6, 6.07) is 0. The van der Waals surface area contributed by atoms with Crippen LogP contribution in [0.3, 0.4) is 0 Å². The highest BCUT2D eigenvalue weighted by Gasteiger charge is 2.25. The molecule has 0 bridgehead atoms. The first-order valence-electron chi connectivity index (χ1n) is 4.85. The van der Waals surface area contributed by atoms with Crippen molar-refractivity contribution < 1.29 is 14.4 Å². The van der Waals surface area contributed by atoms with Crippen molar-refractivity contribution in [3.8, 4) is 0 Å². The van der Waals surface area contributed by atoms with Gasteiger partial charge in [-0.05, 0) is 12.8 Å². The first-order valence-corrected chi connectivity index (χ1v) is 4.85. The van der Waals surface area contributed by atoms with E-state index >= 15 is 0 Å². The van der Waals surface area contributed by atoms with Gasteiger partial charge in [0.2, 0.25) is 5.78 Å². The highest BCUT2D eigenvalue weighted by Crippen LogP contribution is 2.02. The molecule has 6 heteroatoms. The smallest absolute Gasteiger partial charge is 0.289 e. The molecular formula is C9H15N3O3. The molecule has 0 unspecified atom stereocenters.